The van der Waals surface area contributed by atoms with E-state index in [9.17, 15) is 5.11 Å². The van der Waals surface area contributed by atoms with Crippen LogP contribution in [0.4, 0.5) is 0 Å². The van der Waals surface area contributed by atoms with Crippen LogP contribution in [-0.2, 0) is 6.42 Å². The predicted octanol–water partition coefficient (Wildman–Crippen LogP) is 4.75. The van der Waals surface area contributed by atoms with Crippen LogP contribution in [0, 0.1) is 20.8 Å². The average molecular weight is 525 g/mol. The van der Waals surface area contributed by atoms with E-state index in [4.69, 9.17) is 4.98 Å². The maximum atomic E-state index is 9.93. The Morgan fingerprint density at radius 1 is 0.933 bits per heavy atom. The summed E-state index contributed by atoms with van der Waals surface area (Å²) < 4.78 is 4.09. The van der Waals surface area contributed by atoms with Gasteiger partial charge in [-0.15, -0.1) is 0 Å². The molecule has 4 aromatic rings. The average Bonchev–Trinajstić information content (AvgIpc) is 3.13. The Morgan fingerprint density at radius 2 is 1.67 bits per heavy atom. The number of hydrogen-bond acceptors (Lipinski definition) is 2. The molecule has 0 spiro atoms. The van der Waals surface area contributed by atoms with Gasteiger partial charge in [-0.2, -0.15) is 0 Å². The summed E-state index contributed by atoms with van der Waals surface area (Å²) in [4.78, 5) is 5.47. The van der Waals surface area contributed by atoms with Crippen LogP contribution < -0.4 is 4.46 Å². The van der Waals surface area contributed by atoms with E-state index in [2.05, 4.69) is 80.6 Å². The number of aromatic nitrogens is 1. The van der Waals surface area contributed by atoms with Crippen molar-refractivity contribution in [2.24, 2.45) is 0 Å². The van der Waals surface area contributed by atoms with Crippen LogP contribution in [0.25, 0.3) is 10.1 Å². The second-order valence-electron chi connectivity index (χ2n) is 7.58. The van der Waals surface area contributed by atoms with Crippen LogP contribution in [0.5, 0.6) is 5.75 Å². The zero-order valence-electron chi connectivity index (χ0n) is 17.4. The first-order valence-electron chi connectivity index (χ1n) is 10.0. The standard InChI is InChI=1S/C26H25NOSe2/c1-17-9-11-21(12-10-17)26-27-19(3)25(30-26)24(16-20-7-5-4-6-8-20)29-22-13-14-23(28)18(2)15-22/h4-15,24,28H,16H2,1-3H3. The van der Waals surface area contributed by atoms with Crippen molar-refractivity contribution in [3.63, 3.8) is 0 Å². The number of benzene rings is 3. The molecule has 0 amide bonds. The number of hydrogen-bond donors (Lipinski definition) is 1. The Balaban J connectivity index is 1.69. The zero-order chi connectivity index (χ0) is 21.1. The van der Waals surface area contributed by atoms with Crippen LogP contribution in [0.1, 0.15) is 31.6 Å². The molecule has 1 aromatic heterocycles. The van der Waals surface area contributed by atoms with Gasteiger partial charge in [0.25, 0.3) is 0 Å². The minimum absolute atomic E-state index is 0.243. The molecule has 0 saturated carbocycles. The topological polar surface area (TPSA) is 33.1 Å². The van der Waals surface area contributed by atoms with Crippen molar-refractivity contribution in [1.82, 2.24) is 4.98 Å². The molecule has 0 bridgehead atoms. The number of nitrogens with zero attached hydrogens (tertiary/aromatic N) is 1. The summed E-state index contributed by atoms with van der Waals surface area (Å²) in [6.07, 6.45) is 1.03. The van der Waals surface area contributed by atoms with Crippen LogP contribution >= 0.6 is 0 Å². The molecule has 0 aliphatic heterocycles. The van der Waals surface area contributed by atoms with Gasteiger partial charge in [0, 0.05) is 0 Å². The number of phenols is 1. The molecule has 152 valence electrons. The molecule has 0 fully saturated rings. The Morgan fingerprint density at radius 3 is 2.37 bits per heavy atom. The number of aromatic hydroxyl groups is 1. The summed E-state index contributed by atoms with van der Waals surface area (Å²) >= 11 is 0.511. The molecule has 2 nitrogen and oxygen atoms in total. The molecule has 1 N–H and O–H groups in total. The van der Waals surface area contributed by atoms with E-state index in [0.29, 0.717) is 10.6 Å². The van der Waals surface area contributed by atoms with Gasteiger partial charge in [-0.1, -0.05) is 0 Å². The summed E-state index contributed by atoms with van der Waals surface area (Å²) in [7, 11) is 0. The summed E-state index contributed by atoms with van der Waals surface area (Å²) in [5.41, 5.74) is 6.06. The molecular formula is C26H25NOSe2. The first kappa shape index (κ1) is 21.2. The van der Waals surface area contributed by atoms with Gasteiger partial charge in [0.1, 0.15) is 0 Å². The Bertz CT molecular complexity index is 1130. The van der Waals surface area contributed by atoms with Crippen molar-refractivity contribution >= 4 is 33.9 Å². The van der Waals surface area contributed by atoms with E-state index in [1.165, 1.54) is 35.9 Å². The third-order valence-corrected chi connectivity index (χ3v) is 11.2. The van der Waals surface area contributed by atoms with Gasteiger partial charge in [0.15, 0.2) is 0 Å². The predicted molar refractivity (Wildman–Crippen MR) is 127 cm³/mol. The molecule has 0 aliphatic rings. The van der Waals surface area contributed by atoms with Crippen molar-refractivity contribution < 1.29 is 5.11 Å². The molecule has 1 atom stereocenters. The third-order valence-electron chi connectivity index (χ3n) is 5.13. The first-order chi connectivity index (χ1) is 14.5. The minimum atomic E-state index is 0.243. The quantitative estimate of drug-likeness (QED) is 0.369. The van der Waals surface area contributed by atoms with Gasteiger partial charge in [-0.05, 0) is 0 Å². The van der Waals surface area contributed by atoms with E-state index in [1.54, 1.807) is 0 Å². The normalized spacial score (nSPS) is 12.1. The SMILES string of the molecule is Cc1ccc(-c2nc(C)c(C(Cc3ccccc3)[Se]c3ccc(O)c(C)c3)[se]2)cc1. The molecule has 0 radical (unpaired) electrons. The molecule has 1 unspecified atom stereocenters. The van der Waals surface area contributed by atoms with Crippen molar-refractivity contribution in [3.8, 4) is 15.9 Å². The maximum absolute atomic E-state index is 9.93. The third kappa shape index (κ3) is 4.96. The molecule has 3 aromatic carbocycles. The molecule has 1 heterocycles. The molecule has 4 heteroatoms. The monoisotopic (exact) mass is 527 g/mol. The second kappa shape index (κ2) is 9.37. The van der Waals surface area contributed by atoms with Gasteiger partial charge in [-0.25, -0.2) is 0 Å². The van der Waals surface area contributed by atoms with Crippen LogP contribution in [0.2, 0.25) is 0 Å². The number of aryl methyl sites for hydroxylation is 3. The van der Waals surface area contributed by atoms with Gasteiger partial charge in [0.05, 0.1) is 0 Å². The summed E-state index contributed by atoms with van der Waals surface area (Å²) in [5, 5.41) is 9.93. The Hall–Kier alpha value is -2.09. The first-order valence-corrected chi connectivity index (χ1v) is 13.6. The van der Waals surface area contributed by atoms with E-state index >= 15 is 0 Å². The second-order valence-corrected chi connectivity index (χ2v) is 12.4. The van der Waals surface area contributed by atoms with Crippen molar-refractivity contribution in [3.05, 3.63) is 99.6 Å². The van der Waals surface area contributed by atoms with E-state index in [0.717, 1.165) is 12.0 Å². The van der Waals surface area contributed by atoms with Crippen molar-refractivity contribution in [1.29, 1.82) is 0 Å². The van der Waals surface area contributed by atoms with Crippen molar-refractivity contribution in [2.45, 2.75) is 32.0 Å². The summed E-state index contributed by atoms with van der Waals surface area (Å²) in [5.74, 6) is 0.375. The summed E-state index contributed by atoms with van der Waals surface area (Å²) in [6, 6.07) is 25.6. The zero-order valence-corrected chi connectivity index (χ0v) is 20.8. The number of rotatable bonds is 6. The molecular weight excluding hydrogens is 500 g/mol. The Labute approximate surface area is 190 Å². The van der Waals surface area contributed by atoms with Crippen molar-refractivity contribution in [2.75, 3.05) is 0 Å². The van der Waals surface area contributed by atoms with Crippen LogP contribution in [0.15, 0.2) is 72.8 Å². The van der Waals surface area contributed by atoms with E-state index in [-0.39, 0.29) is 29.5 Å². The van der Waals surface area contributed by atoms with E-state index in [1.807, 2.05) is 13.0 Å². The Kier molecular flexibility index (Phi) is 6.61. The molecule has 0 aliphatic carbocycles. The van der Waals surface area contributed by atoms with Gasteiger partial charge >= 0.3 is 192 Å². The van der Waals surface area contributed by atoms with Crippen LogP contribution in [-0.4, -0.2) is 39.6 Å². The molecule has 4 rings (SSSR count). The van der Waals surface area contributed by atoms with Gasteiger partial charge in [-0.3, -0.25) is 0 Å². The number of phenolic OH excluding ortho intramolecular Hbond substituents is 1. The molecule has 30 heavy (non-hydrogen) atoms. The van der Waals surface area contributed by atoms with Gasteiger partial charge < -0.3 is 0 Å². The van der Waals surface area contributed by atoms with Gasteiger partial charge in [0.2, 0.25) is 0 Å². The van der Waals surface area contributed by atoms with Crippen LogP contribution in [0.3, 0.4) is 0 Å². The fourth-order valence-corrected chi connectivity index (χ4v) is 9.34. The fraction of sp³-hybridized carbons (Fsp3) is 0.192. The molecule has 0 saturated heterocycles. The summed E-state index contributed by atoms with van der Waals surface area (Å²) in [6.45, 7) is 6.27. The van der Waals surface area contributed by atoms with E-state index < -0.39 is 0 Å². The fourth-order valence-electron chi connectivity index (χ4n) is 3.41.